The minimum atomic E-state index is -0.366. The highest BCUT2D eigenvalue weighted by Crippen LogP contribution is 2.47. The second kappa shape index (κ2) is 28.0. The predicted octanol–water partition coefficient (Wildman–Crippen LogP) is 22.9. The second-order valence-electron chi connectivity index (χ2n) is 38.8. The number of phenols is 7. The summed E-state index contributed by atoms with van der Waals surface area (Å²) in [5.74, 6) is 1.33. The first-order valence-electron chi connectivity index (χ1n) is 37.6. The van der Waals surface area contributed by atoms with Gasteiger partial charge in [0.15, 0.2) is 0 Å². The third-order valence-corrected chi connectivity index (χ3v) is 21.6. The summed E-state index contributed by atoms with van der Waals surface area (Å²) in [6.07, 6.45) is 1.72. The molecule has 552 valence electrons. The average molecular weight is 1400 g/mol. The van der Waals surface area contributed by atoms with Crippen LogP contribution in [-0.2, 0) is 101 Å². The molecule has 9 aromatic rings. The number of hydrogen-bond acceptors (Lipinski definition) is 8. The number of rotatable bonds is 3. The molecule has 1 aliphatic carbocycles. The zero-order valence-electron chi connectivity index (χ0n) is 67.4. The van der Waals surface area contributed by atoms with E-state index in [1.54, 1.807) is 0 Å². The maximum Gasteiger partial charge on any atom is 0.126 e. The van der Waals surface area contributed by atoms with Crippen LogP contribution < -0.4 is 4.74 Å². The quantitative estimate of drug-likeness (QED) is 0.0924. The fourth-order valence-electron chi connectivity index (χ4n) is 14.4. The molecule has 0 amide bonds. The Kier molecular flexibility index (Phi) is 21.0. The van der Waals surface area contributed by atoms with Gasteiger partial charge in [-0.05, 0) is 189 Å². The van der Waals surface area contributed by atoms with Gasteiger partial charge in [0.25, 0.3) is 0 Å². The minimum absolute atomic E-state index is 0.0760. The van der Waals surface area contributed by atoms with Crippen LogP contribution in [0.5, 0.6) is 46.0 Å². The molecule has 0 saturated heterocycles. The first kappa shape index (κ1) is 78.0. The van der Waals surface area contributed by atoms with Crippen molar-refractivity contribution in [2.45, 2.75) is 274 Å². The van der Waals surface area contributed by atoms with Gasteiger partial charge in [0, 0.05) is 51.4 Å². The third kappa shape index (κ3) is 17.3. The molecule has 0 spiro atoms. The van der Waals surface area contributed by atoms with Crippen LogP contribution in [0.2, 0.25) is 0 Å². The Balaban J connectivity index is 1.28. The summed E-state index contributed by atoms with van der Waals surface area (Å²) in [7, 11) is 0. The molecule has 0 saturated carbocycles. The van der Waals surface area contributed by atoms with Crippen molar-refractivity contribution < 1.29 is 40.5 Å². The molecule has 1 aliphatic rings. The molecule has 16 bridgehead atoms. The Morgan fingerprint density at radius 1 is 0.221 bits per heavy atom. The highest BCUT2D eigenvalue weighted by atomic mass is 16.5. The van der Waals surface area contributed by atoms with Crippen LogP contribution in [0.25, 0.3) is 0 Å². The van der Waals surface area contributed by atoms with Crippen LogP contribution in [0.4, 0.5) is 0 Å². The zero-order chi connectivity index (χ0) is 76.8. The summed E-state index contributed by atoms with van der Waals surface area (Å²) in [5, 5.41) is 91.0. The lowest BCUT2D eigenvalue weighted by Crippen LogP contribution is -2.16. The summed E-state index contributed by atoms with van der Waals surface area (Å²) in [6.45, 7) is 54.4. The van der Waals surface area contributed by atoms with E-state index in [-0.39, 0.29) is 142 Å². The smallest absolute Gasteiger partial charge is 0.126 e. The van der Waals surface area contributed by atoms with Crippen molar-refractivity contribution in [2.24, 2.45) is 0 Å². The van der Waals surface area contributed by atoms with E-state index >= 15 is 0 Å². The molecule has 10 rings (SSSR count). The van der Waals surface area contributed by atoms with Crippen molar-refractivity contribution in [1.29, 1.82) is 0 Å². The van der Waals surface area contributed by atoms with E-state index in [2.05, 4.69) is 282 Å². The number of fused-ring (bicyclic) bond motifs is 16. The molecule has 9 aromatic carbocycles. The van der Waals surface area contributed by atoms with Gasteiger partial charge >= 0.3 is 0 Å². The van der Waals surface area contributed by atoms with Gasteiger partial charge in [0.05, 0.1) is 0 Å². The van der Waals surface area contributed by atoms with Gasteiger partial charge in [-0.15, -0.1) is 0 Å². The fraction of sp³-hybridized carbons (Fsp3) is 0.438. The van der Waals surface area contributed by atoms with Gasteiger partial charge in [0.2, 0.25) is 0 Å². The lowest BCUT2D eigenvalue weighted by atomic mass is 9.79. The van der Waals surface area contributed by atoms with Crippen molar-refractivity contribution in [3.05, 3.63) is 266 Å². The summed E-state index contributed by atoms with van der Waals surface area (Å²) < 4.78 is 7.24. The van der Waals surface area contributed by atoms with E-state index in [0.717, 1.165) is 66.8 Å². The molecule has 0 aromatic heterocycles. The molecule has 7 N–H and O–H groups in total. The molecule has 8 nitrogen and oxygen atoms in total. The van der Waals surface area contributed by atoms with E-state index in [9.17, 15) is 35.7 Å². The maximum atomic E-state index is 13.2. The monoisotopic (exact) mass is 1400 g/mol. The number of benzene rings is 9. The largest absolute Gasteiger partial charge is 0.507 e. The van der Waals surface area contributed by atoms with E-state index in [4.69, 9.17) is 4.74 Å². The summed E-state index contributed by atoms with van der Waals surface area (Å²) in [4.78, 5) is 0. The van der Waals surface area contributed by atoms with Crippen LogP contribution in [0, 0.1) is 6.92 Å². The van der Waals surface area contributed by atoms with E-state index in [1.807, 2.05) is 12.1 Å². The zero-order valence-corrected chi connectivity index (χ0v) is 67.4. The van der Waals surface area contributed by atoms with Crippen molar-refractivity contribution in [3.63, 3.8) is 0 Å². The van der Waals surface area contributed by atoms with Crippen molar-refractivity contribution in [3.8, 4) is 46.0 Å². The lowest BCUT2D eigenvalue weighted by molar-refractivity contribution is 0.300. The molecule has 0 atom stereocenters. The van der Waals surface area contributed by atoms with Gasteiger partial charge < -0.3 is 40.5 Å². The Hall–Kier alpha value is -8.62. The Bertz CT molecular complexity index is 4490. The number of ether oxygens (including phenoxy) is 1. The van der Waals surface area contributed by atoms with Crippen molar-refractivity contribution >= 4 is 0 Å². The highest BCUT2D eigenvalue weighted by molar-refractivity contribution is 5.62. The van der Waals surface area contributed by atoms with Gasteiger partial charge in [-0.25, -0.2) is 0 Å². The first-order valence-corrected chi connectivity index (χ1v) is 37.6. The van der Waals surface area contributed by atoms with E-state index < -0.39 is 0 Å². The molecule has 0 radical (unpaired) electrons. The van der Waals surface area contributed by atoms with Crippen LogP contribution >= 0.6 is 0 Å². The molecular formula is C96H120O8. The Morgan fingerprint density at radius 2 is 0.356 bits per heavy atom. The summed E-state index contributed by atoms with van der Waals surface area (Å²) >= 11 is 0. The second-order valence-corrected chi connectivity index (χ2v) is 38.8. The predicted molar refractivity (Wildman–Crippen MR) is 431 cm³/mol. The Labute approximate surface area is 623 Å². The maximum absolute atomic E-state index is 13.2. The van der Waals surface area contributed by atoms with E-state index in [1.165, 1.54) is 0 Å². The number of phenolic OH excluding ortho intramolecular Hbond substituents is 7. The molecule has 104 heavy (non-hydrogen) atoms. The SMILES string of the molecule is Cc1ccc(COc2c3cc(C(C)(C)C)cc2Cc2cc(C(C)(C)C)cc(c2O)Cc2cc(C(C)(C)C)cc(c2O)Cc2cc(C(C)(C)C)cc(c2O)Cc2cc(C(C)(C)C)cc(c2O)Cc2cc(C(C)(C)C)cc(c2O)Cc2cc(C(C)(C)C)cc(c2O)Cc2cc(C(C)(C)C)cc(c2O)C3)cc1. The first-order chi connectivity index (χ1) is 47.8. The molecule has 8 heteroatoms. The van der Waals surface area contributed by atoms with Crippen LogP contribution in [0.3, 0.4) is 0 Å². The standard InChI is InChI=1S/C96H120O8/c1-55-26-28-56(29-27-55)54-104-88-71-36-69-50-78(94(17,18)19)48-67(86(69)102)34-65-46-76(92(11,12)13)44-63(84(65)100)32-61-42-74(90(5,6)7)40-59(82(61)98)30-57-38-73(89(2,3)4)39-58(81(57)97)31-60-41-75(91(8,9)10)43-62(83(60)99)33-64-45-77(93(14,15)16)47-66(85(64)101)35-68-49-79(95(20,21)22)51-70(87(68)103)37-72(88)53-80(52-71)96(23,24)25/h26-29,38-53,97-103H,30-37,54H2,1-25H3. The van der Waals surface area contributed by atoms with Crippen molar-refractivity contribution in [1.82, 2.24) is 0 Å². The van der Waals surface area contributed by atoms with Crippen molar-refractivity contribution in [2.75, 3.05) is 0 Å². The Morgan fingerprint density at radius 3 is 0.500 bits per heavy atom. The van der Waals surface area contributed by atoms with E-state index in [0.29, 0.717) is 83.6 Å². The van der Waals surface area contributed by atoms with Gasteiger partial charge in [-0.2, -0.15) is 0 Å². The molecular weight excluding hydrogens is 1280 g/mol. The fourth-order valence-corrected chi connectivity index (χ4v) is 14.4. The third-order valence-electron chi connectivity index (χ3n) is 21.6. The number of aryl methyl sites for hydroxylation is 1. The number of aromatic hydroxyl groups is 7. The van der Waals surface area contributed by atoms with Gasteiger partial charge in [0.1, 0.15) is 52.6 Å². The normalized spacial score (nSPS) is 14.0. The van der Waals surface area contributed by atoms with Crippen LogP contribution in [-0.4, -0.2) is 35.7 Å². The van der Waals surface area contributed by atoms with Gasteiger partial charge in [-0.3, -0.25) is 0 Å². The van der Waals surface area contributed by atoms with Gasteiger partial charge in [-0.1, -0.05) is 293 Å². The minimum Gasteiger partial charge on any atom is -0.507 e. The number of hydrogen-bond donors (Lipinski definition) is 7. The lowest BCUT2D eigenvalue weighted by Gasteiger charge is -2.27. The molecule has 0 aliphatic heterocycles. The summed E-state index contributed by atoms with van der Waals surface area (Å²) in [5.41, 5.74) is 18.1. The highest BCUT2D eigenvalue weighted by Gasteiger charge is 2.32. The topological polar surface area (TPSA) is 151 Å². The molecule has 0 unspecified atom stereocenters. The summed E-state index contributed by atoms with van der Waals surface area (Å²) in [6, 6.07) is 41.8. The van der Waals surface area contributed by atoms with Crippen LogP contribution in [0.1, 0.15) is 311 Å². The molecule has 0 heterocycles. The van der Waals surface area contributed by atoms with Crippen LogP contribution in [0.15, 0.2) is 121 Å². The average Bonchev–Trinajstić information content (AvgIpc) is 0.760. The molecule has 0 fully saturated rings.